The van der Waals surface area contributed by atoms with Crippen molar-refractivity contribution < 1.29 is 27.5 Å². The summed E-state index contributed by atoms with van der Waals surface area (Å²) >= 11 is 6.10. The van der Waals surface area contributed by atoms with Gasteiger partial charge in [-0.25, -0.2) is 13.2 Å². The number of hydrogen-bond donors (Lipinski definition) is 0. The number of halogens is 1. The second-order valence-electron chi connectivity index (χ2n) is 6.90. The first-order valence-corrected chi connectivity index (χ1v) is 11.2. The van der Waals surface area contributed by atoms with Crippen LogP contribution >= 0.6 is 11.6 Å². The van der Waals surface area contributed by atoms with Gasteiger partial charge in [-0.1, -0.05) is 11.6 Å². The minimum Gasteiger partial charge on any atom is -0.497 e. The van der Waals surface area contributed by atoms with Crippen molar-refractivity contribution >= 4 is 33.4 Å². The Kier molecular flexibility index (Phi) is 6.80. The number of hydrogen-bond acceptors (Lipinski definition) is 6. The molecule has 2 aromatic rings. The predicted molar refractivity (Wildman–Crippen MR) is 112 cm³/mol. The van der Waals surface area contributed by atoms with Crippen LogP contribution in [0.25, 0.3) is 0 Å². The fourth-order valence-electron chi connectivity index (χ4n) is 3.17. The molecule has 0 radical (unpaired) electrons. The average molecular weight is 452 g/mol. The number of Topliss-reactive ketones (excluding diaryl/α,β-unsaturated/α-hetero) is 1. The van der Waals surface area contributed by atoms with Crippen LogP contribution < -0.4 is 4.74 Å². The minimum absolute atomic E-state index is 0.00607. The molecule has 0 aliphatic carbocycles. The van der Waals surface area contributed by atoms with E-state index < -0.39 is 22.1 Å². The first-order chi connectivity index (χ1) is 14.2. The van der Waals surface area contributed by atoms with Gasteiger partial charge in [0, 0.05) is 18.7 Å². The van der Waals surface area contributed by atoms with Crippen LogP contribution in [0.5, 0.6) is 5.75 Å². The predicted octanol–water partition coefficient (Wildman–Crippen LogP) is 3.56. The van der Waals surface area contributed by atoms with E-state index in [1.807, 2.05) is 0 Å². The summed E-state index contributed by atoms with van der Waals surface area (Å²) in [7, 11) is -2.29. The van der Waals surface area contributed by atoms with E-state index in [2.05, 4.69) is 0 Å². The fourth-order valence-corrected chi connectivity index (χ4v) is 5.19. The molecule has 0 aromatic heterocycles. The Morgan fingerprint density at radius 1 is 1.03 bits per heavy atom. The van der Waals surface area contributed by atoms with Crippen LogP contribution in [0.15, 0.2) is 47.4 Å². The normalized spacial score (nSPS) is 15.6. The maximum absolute atomic E-state index is 12.8. The lowest BCUT2D eigenvalue weighted by atomic mass is 10.1. The number of sulfonamides is 1. The Morgan fingerprint density at radius 3 is 2.23 bits per heavy atom. The summed E-state index contributed by atoms with van der Waals surface area (Å²) in [6.07, 6.45) is 0.507. The molecule has 30 heavy (non-hydrogen) atoms. The highest BCUT2D eigenvalue weighted by molar-refractivity contribution is 7.89. The molecule has 1 aliphatic rings. The van der Waals surface area contributed by atoms with E-state index >= 15 is 0 Å². The van der Waals surface area contributed by atoms with Gasteiger partial charge in [-0.2, -0.15) is 4.31 Å². The first-order valence-electron chi connectivity index (χ1n) is 9.43. The number of ketones is 1. The Labute approximate surface area is 180 Å². The van der Waals surface area contributed by atoms with Crippen molar-refractivity contribution in [2.24, 2.45) is 0 Å². The maximum atomic E-state index is 12.8. The standard InChI is InChI=1S/C21H22ClNO6S/c1-14(20(24)15-5-8-17(28-2)9-6-15)29-21(25)16-7-10-18(22)19(13-16)30(26,27)23-11-3-4-12-23/h5-10,13-14H,3-4,11-12H2,1-2H3. The molecule has 3 rings (SSSR count). The number of carbonyl (C=O) groups is 2. The Bertz CT molecular complexity index is 1050. The second kappa shape index (κ2) is 9.16. The lowest BCUT2D eigenvalue weighted by Gasteiger charge is -2.17. The van der Waals surface area contributed by atoms with Gasteiger partial charge in [-0.05, 0) is 62.2 Å². The van der Waals surface area contributed by atoms with Gasteiger partial charge < -0.3 is 9.47 Å². The molecule has 1 aliphatic heterocycles. The number of carbonyl (C=O) groups excluding carboxylic acids is 2. The van der Waals surface area contributed by atoms with E-state index in [1.165, 1.54) is 36.5 Å². The lowest BCUT2D eigenvalue weighted by molar-refractivity contribution is 0.0318. The molecule has 0 amide bonds. The summed E-state index contributed by atoms with van der Waals surface area (Å²) in [5, 5.41) is 0.0285. The van der Waals surface area contributed by atoms with Gasteiger partial charge in [-0.15, -0.1) is 0 Å². The third-order valence-corrected chi connectivity index (χ3v) is 7.26. The van der Waals surface area contributed by atoms with Gasteiger partial charge in [-0.3, -0.25) is 4.79 Å². The SMILES string of the molecule is COc1ccc(C(=O)C(C)OC(=O)c2ccc(Cl)c(S(=O)(=O)N3CCCC3)c2)cc1. The van der Waals surface area contributed by atoms with Gasteiger partial charge in [0.1, 0.15) is 10.6 Å². The highest BCUT2D eigenvalue weighted by Crippen LogP contribution is 2.28. The number of esters is 1. The molecular weight excluding hydrogens is 430 g/mol. The molecule has 1 saturated heterocycles. The molecule has 0 spiro atoms. The number of rotatable bonds is 7. The van der Waals surface area contributed by atoms with E-state index in [0.717, 1.165) is 12.8 Å². The van der Waals surface area contributed by atoms with Crippen molar-refractivity contribution in [3.05, 3.63) is 58.6 Å². The van der Waals surface area contributed by atoms with E-state index in [4.69, 9.17) is 21.1 Å². The summed E-state index contributed by atoms with van der Waals surface area (Å²) in [5.74, 6) is -0.590. The van der Waals surface area contributed by atoms with Gasteiger partial charge >= 0.3 is 5.97 Å². The Hall–Kier alpha value is -2.42. The summed E-state index contributed by atoms with van der Waals surface area (Å²) in [4.78, 5) is 24.9. The summed E-state index contributed by atoms with van der Waals surface area (Å²) in [6, 6.07) is 10.3. The molecule has 0 N–H and O–H groups in total. The molecule has 1 atom stereocenters. The van der Waals surface area contributed by atoms with E-state index in [0.29, 0.717) is 24.4 Å². The van der Waals surface area contributed by atoms with Crippen LogP contribution in [-0.4, -0.2) is 50.8 Å². The van der Waals surface area contributed by atoms with Crippen LogP contribution in [0.1, 0.15) is 40.5 Å². The Balaban J connectivity index is 1.77. The van der Waals surface area contributed by atoms with E-state index in [-0.39, 0.29) is 21.3 Å². The van der Waals surface area contributed by atoms with Crippen LogP contribution in [0.4, 0.5) is 0 Å². The largest absolute Gasteiger partial charge is 0.497 e. The molecule has 1 heterocycles. The van der Waals surface area contributed by atoms with Crippen molar-refractivity contribution in [1.82, 2.24) is 4.31 Å². The van der Waals surface area contributed by atoms with Gasteiger partial charge in [0.2, 0.25) is 15.8 Å². The first kappa shape index (κ1) is 22.3. The highest BCUT2D eigenvalue weighted by Gasteiger charge is 2.30. The van der Waals surface area contributed by atoms with E-state index in [1.54, 1.807) is 24.3 Å². The molecule has 2 aromatic carbocycles. The van der Waals surface area contributed by atoms with Crippen LogP contribution in [0, 0.1) is 0 Å². The Morgan fingerprint density at radius 2 is 1.63 bits per heavy atom. The fraction of sp³-hybridized carbons (Fsp3) is 0.333. The zero-order valence-electron chi connectivity index (χ0n) is 16.6. The number of benzene rings is 2. The smallest absolute Gasteiger partial charge is 0.338 e. The van der Waals surface area contributed by atoms with Crippen LogP contribution in [0.2, 0.25) is 5.02 Å². The lowest BCUT2D eigenvalue weighted by Crippen LogP contribution is -2.28. The van der Waals surface area contributed by atoms with Crippen molar-refractivity contribution in [2.45, 2.75) is 30.8 Å². The van der Waals surface area contributed by atoms with Crippen molar-refractivity contribution in [3.63, 3.8) is 0 Å². The molecule has 0 bridgehead atoms. The van der Waals surface area contributed by atoms with Gasteiger partial charge in [0.15, 0.2) is 6.10 Å². The number of methoxy groups -OCH3 is 1. The summed E-state index contributed by atoms with van der Waals surface area (Å²) in [5.41, 5.74) is 0.371. The van der Waals surface area contributed by atoms with Crippen molar-refractivity contribution in [3.8, 4) is 5.75 Å². The third-order valence-electron chi connectivity index (χ3n) is 4.88. The highest BCUT2D eigenvalue weighted by atomic mass is 35.5. The second-order valence-corrected chi connectivity index (χ2v) is 9.21. The molecule has 1 fully saturated rings. The summed E-state index contributed by atoms with van der Waals surface area (Å²) in [6.45, 7) is 2.30. The zero-order valence-corrected chi connectivity index (χ0v) is 18.2. The van der Waals surface area contributed by atoms with Gasteiger partial charge in [0.05, 0.1) is 17.7 Å². The van der Waals surface area contributed by atoms with E-state index in [9.17, 15) is 18.0 Å². The van der Waals surface area contributed by atoms with Crippen LogP contribution in [-0.2, 0) is 14.8 Å². The molecular formula is C21H22ClNO6S. The zero-order chi connectivity index (χ0) is 21.9. The van der Waals surface area contributed by atoms with Crippen molar-refractivity contribution in [1.29, 1.82) is 0 Å². The van der Waals surface area contributed by atoms with Crippen LogP contribution in [0.3, 0.4) is 0 Å². The topological polar surface area (TPSA) is 90.0 Å². The monoisotopic (exact) mass is 451 g/mol. The molecule has 160 valence electrons. The quantitative estimate of drug-likeness (QED) is 0.472. The number of ether oxygens (including phenoxy) is 2. The number of nitrogens with zero attached hydrogens (tertiary/aromatic N) is 1. The van der Waals surface area contributed by atoms with Crippen molar-refractivity contribution in [2.75, 3.05) is 20.2 Å². The maximum Gasteiger partial charge on any atom is 0.338 e. The molecule has 1 unspecified atom stereocenters. The van der Waals surface area contributed by atoms with Gasteiger partial charge in [0.25, 0.3) is 0 Å². The minimum atomic E-state index is -3.80. The average Bonchev–Trinajstić information content (AvgIpc) is 3.29. The molecule has 0 saturated carbocycles. The third kappa shape index (κ3) is 4.66. The summed E-state index contributed by atoms with van der Waals surface area (Å²) < 4.78 is 37.3. The molecule has 7 nitrogen and oxygen atoms in total. The molecule has 9 heteroatoms.